The number of nitrogens with one attached hydrogen (secondary N) is 6. The average molecular weight is 1200 g/mol. The molecule has 6 heterocycles. The van der Waals surface area contributed by atoms with E-state index in [0.717, 1.165) is 90.5 Å². The molecular weight excluding hydrogens is 1130 g/mol. The number of hydrogen-bond donors (Lipinski definition) is 7. The second kappa shape index (κ2) is 25.8. The van der Waals surface area contributed by atoms with Crippen LogP contribution in [-0.2, 0) is 34.5 Å². The lowest BCUT2D eigenvalue weighted by Gasteiger charge is -2.39. The monoisotopic (exact) mass is 1200 g/mol. The zero-order valence-corrected chi connectivity index (χ0v) is 49.4. The highest BCUT2D eigenvalue weighted by atomic mass is 35.5. The number of benzene rings is 4. The molecule has 2 saturated carbocycles. The standard InChI is InChI=1S/C39H38ClN7O4S.C25H28ClN7/c1-39(43-23-29-18-19-30(22-41-29)45-38(48)51-26-27-11-4-2-5-12-27)20-10-13-28(21-39)44-37-42-24-34(40)36(46-37)33-25-47(35-17-9-8-16-32(33)35)52(49,50)31-14-6-3-7-15-31;1-25(31-13-18-9-8-16(27)12-28-18)10-4-5-17(11-25)32-24-30-15-21(26)23(33-24)20-14-29-22-7-3-2-6-19(20)22/h2-9,11-12,14-19,22,24-25,28,43H,10,13,20-21,23,26H2,1H3,(H,45,48)(H,42,44,46);2-3,6-9,12,14-15,17,29,31H,4-5,10-11,13,27H2,1H3,(H,30,32,33)/t28-,39+;17-,25+/m11/s1. The van der Waals surface area contributed by atoms with Crippen molar-refractivity contribution in [3.63, 3.8) is 0 Å². The van der Waals surface area contributed by atoms with Crippen molar-refractivity contribution in [3.8, 4) is 22.5 Å². The lowest BCUT2D eigenvalue weighted by atomic mass is 9.80. The van der Waals surface area contributed by atoms with Crippen molar-refractivity contribution in [2.45, 2.75) is 113 Å². The van der Waals surface area contributed by atoms with Crippen LogP contribution >= 0.6 is 23.2 Å². The van der Waals surface area contributed by atoms with E-state index in [9.17, 15) is 13.2 Å². The minimum Gasteiger partial charge on any atom is -0.444 e. The number of fused-ring (bicyclic) bond motifs is 2. The lowest BCUT2D eigenvalue weighted by molar-refractivity contribution is 0.155. The van der Waals surface area contributed by atoms with Gasteiger partial charge in [-0.1, -0.05) is 108 Å². The highest BCUT2D eigenvalue weighted by Gasteiger charge is 2.34. The molecule has 0 unspecified atom stereocenters. The average Bonchev–Trinajstić information content (AvgIpc) is 2.02. The SMILES string of the molecule is C[C@]1(NCc2ccc(N)cn2)CCC[C@@H](Nc2ncc(Cl)c(-c3c[nH]c4ccccc34)n2)C1.C[C@]1(NCc2ccc(NC(=O)OCc3ccccc3)cn2)CCC[C@@H](Nc2ncc(Cl)c(-c3cn(S(=O)(=O)c4ccccc4)c4ccccc34)n2)C1. The molecule has 4 atom stereocenters. The topological polar surface area (TPSA) is 245 Å². The van der Waals surface area contributed by atoms with Crippen molar-refractivity contribution in [1.82, 2.24) is 49.5 Å². The summed E-state index contributed by atoms with van der Waals surface area (Å²) in [6.45, 7) is 5.94. The van der Waals surface area contributed by atoms with Gasteiger partial charge in [0.15, 0.2) is 0 Å². The van der Waals surface area contributed by atoms with Gasteiger partial charge in [0.2, 0.25) is 11.9 Å². The summed E-state index contributed by atoms with van der Waals surface area (Å²) in [6.07, 6.45) is 17.6. The number of nitrogens with zero attached hydrogens (tertiary/aromatic N) is 7. The molecule has 18 nitrogen and oxygen atoms in total. The number of anilines is 4. The zero-order chi connectivity index (χ0) is 59.0. The van der Waals surface area contributed by atoms with E-state index in [0.29, 0.717) is 68.6 Å². The van der Waals surface area contributed by atoms with E-state index in [1.54, 1.807) is 73.4 Å². The van der Waals surface area contributed by atoms with Gasteiger partial charge in [0, 0.05) is 76.1 Å². The van der Waals surface area contributed by atoms with Gasteiger partial charge in [0.1, 0.15) is 6.61 Å². The van der Waals surface area contributed by atoms with Crippen LogP contribution in [0.5, 0.6) is 0 Å². The number of ether oxygens (including phenoxy) is 1. The summed E-state index contributed by atoms with van der Waals surface area (Å²) in [7, 11) is -3.87. The van der Waals surface area contributed by atoms with Crippen molar-refractivity contribution in [1.29, 1.82) is 0 Å². The van der Waals surface area contributed by atoms with Crippen LogP contribution in [0.15, 0.2) is 176 Å². The van der Waals surface area contributed by atoms with Gasteiger partial charge in [-0.2, -0.15) is 0 Å². The molecule has 12 rings (SSSR count). The number of amides is 1. The Hall–Kier alpha value is -8.46. The molecule has 0 saturated heterocycles. The number of nitrogens with two attached hydrogens (primary N) is 1. The Labute approximate surface area is 503 Å². The Kier molecular flexibility index (Phi) is 17.7. The molecule has 1 amide bonds. The van der Waals surface area contributed by atoms with Crippen LogP contribution < -0.4 is 32.3 Å². The molecule has 436 valence electrons. The molecule has 8 N–H and O–H groups in total. The number of nitrogen functional groups attached to an aromatic ring is 1. The Balaban J connectivity index is 0.000000195. The quantitative estimate of drug-likeness (QED) is 0.0448. The molecular formula is C64H66Cl2N14O4S. The number of aromatic amines is 1. The summed E-state index contributed by atoms with van der Waals surface area (Å²) in [5.74, 6) is 1.03. The van der Waals surface area contributed by atoms with Gasteiger partial charge in [-0.3, -0.25) is 15.3 Å². The second-order valence-corrected chi connectivity index (χ2v) is 24.8. The van der Waals surface area contributed by atoms with Crippen molar-refractivity contribution >= 4 is 84.4 Å². The second-order valence-electron chi connectivity index (χ2n) is 22.2. The molecule has 0 spiro atoms. The minimum atomic E-state index is -3.87. The number of H-pyrrole nitrogens is 1. The number of rotatable bonds is 17. The molecule has 2 aliphatic rings. The molecule has 0 radical (unpaired) electrons. The van der Waals surface area contributed by atoms with E-state index in [1.165, 1.54) is 3.97 Å². The third-order valence-electron chi connectivity index (χ3n) is 15.7. The van der Waals surface area contributed by atoms with Crippen molar-refractivity contribution in [2.75, 3.05) is 21.7 Å². The van der Waals surface area contributed by atoms with Crippen LogP contribution in [0.4, 0.5) is 28.1 Å². The third kappa shape index (κ3) is 14.2. The van der Waals surface area contributed by atoms with Gasteiger partial charge in [0.25, 0.3) is 10.0 Å². The first-order chi connectivity index (χ1) is 41.2. The van der Waals surface area contributed by atoms with Gasteiger partial charge in [0.05, 0.1) is 79.4 Å². The maximum Gasteiger partial charge on any atom is 0.412 e. The van der Waals surface area contributed by atoms with Crippen LogP contribution in [0.3, 0.4) is 0 Å². The number of carbonyl (C=O) groups is 1. The van der Waals surface area contributed by atoms with Crippen LogP contribution in [0.1, 0.15) is 82.2 Å². The first kappa shape index (κ1) is 58.3. The van der Waals surface area contributed by atoms with Crippen LogP contribution in [0, 0.1) is 0 Å². The summed E-state index contributed by atoms with van der Waals surface area (Å²) in [6, 6.07) is 41.2. The van der Waals surface area contributed by atoms with Crippen molar-refractivity contribution in [3.05, 3.63) is 198 Å². The maximum absolute atomic E-state index is 13.7. The summed E-state index contributed by atoms with van der Waals surface area (Å²) in [4.78, 5) is 43.2. The summed E-state index contributed by atoms with van der Waals surface area (Å²) in [5, 5.41) is 19.8. The normalized spacial score (nSPS) is 18.7. The molecule has 0 bridgehead atoms. The molecule has 21 heteroatoms. The van der Waals surface area contributed by atoms with Gasteiger partial charge < -0.3 is 36.7 Å². The number of hydrogen-bond acceptors (Lipinski definition) is 15. The highest BCUT2D eigenvalue weighted by Crippen LogP contribution is 2.38. The number of carbonyl (C=O) groups excluding carboxylic acids is 1. The lowest BCUT2D eigenvalue weighted by Crippen LogP contribution is -2.48. The summed E-state index contributed by atoms with van der Waals surface area (Å²) < 4.78 is 34.0. The third-order valence-corrected chi connectivity index (χ3v) is 18.0. The van der Waals surface area contributed by atoms with E-state index < -0.39 is 16.1 Å². The molecule has 6 aromatic heterocycles. The smallest absolute Gasteiger partial charge is 0.412 e. The molecule has 10 aromatic rings. The first-order valence-corrected chi connectivity index (χ1v) is 30.5. The first-order valence-electron chi connectivity index (χ1n) is 28.3. The fourth-order valence-electron chi connectivity index (χ4n) is 11.3. The maximum atomic E-state index is 13.7. The van der Waals surface area contributed by atoms with Gasteiger partial charge in [-0.05, 0) is 119 Å². The molecule has 2 fully saturated rings. The van der Waals surface area contributed by atoms with E-state index in [2.05, 4.69) is 71.4 Å². The van der Waals surface area contributed by atoms with Gasteiger partial charge in [-0.15, -0.1) is 0 Å². The van der Waals surface area contributed by atoms with Crippen molar-refractivity contribution < 1.29 is 17.9 Å². The van der Waals surface area contributed by atoms with Crippen LogP contribution in [0.2, 0.25) is 10.0 Å². The largest absolute Gasteiger partial charge is 0.444 e. The zero-order valence-electron chi connectivity index (χ0n) is 47.1. The molecule has 4 aromatic carbocycles. The highest BCUT2D eigenvalue weighted by molar-refractivity contribution is 7.90. The van der Waals surface area contributed by atoms with Crippen LogP contribution in [0.25, 0.3) is 44.3 Å². The fourth-order valence-corrected chi connectivity index (χ4v) is 13.1. The summed E-state index contributed by atoms with van der Waals surface area (Å²) >= 11 is 13.2. The molecule has 2 aliphatic carbocycles. The van der Waals surface area contributed by atoms with Gasteiger partial charge in [-0.25, -0.2) is 37.1 Å². The Morgan fingerprint density at radius 3 is 1.85 bits per heavy atom. The van der Waals surface area contributed by atoms with E-state index in [1.807, 2.05) is 91.1 Å². The van der Waals surface area contributed by atoms with Gasteiger partial charge >= 0.3 is 6.09 Å². The number of halogens is 2. The van der Waals surface area contributed by atoms with E-state index in [4.69, 9.17) is 43.6 Å². The van der Waals surface area contributed by atoms with Crippen LogP contribution in [-0.4, -0.2) is 76.5 Å². The minimum absolute atomic E-state index is 0.00504. The predicted molar refractivity (Wildman–Crippen MR) is 337 cm³/mol. The summed E-state index contributed by atoms with van der Waals surface area (Å²) in [5.41, 5.74) is 13.9. The predicted octanol–water partition coefficient (Wildman–Crippen LogP) is 13.2. The van der Waals surface area contributed by atoms with Crippen molar-refractivity contribution in [2.24, 2.45) is 0 Å². The Morgan fingerprint density at radius 2 is 1.24 bits per heavy atom. The van der Waals surface area contributed by atoms with E-state index >= 15 is 0 Å². The Morgan fingerprint density at radius 1 is 0.671 bits per heavy atom. The Bertz CT molecular complexity index is 4040. The number of pyridine rings is 2. The molecule has 0 aliphatic heterocycles. The number of para-hydroxylation sites is 2. The number of aromatic nitrogens is 8. The fraction of sp³-hybridized carbons (Fsp3) is 0.266. The van der Waals surface area contributed by atoms with E-state index in [-0.39, 0.29) is 34.7 Å². The molecule has 85 heavy (non-hydrogen) atoms.